The first-order chi connectivity index (χ1) is 12.0. The van der Waals surface area contributed by atoms with Crippen molar-refractivity contribution >= 4 is 33.4 Å². The summed E-state index contributed by atoms with van der Waals surface area (Å²) in [5, 5.41) is 5.62. The number of carbonyl (C=O) groups is 2. The summed E-state index contributed by atoms with van der Waals surface area (Å²) in [6.45, 7) is 3.83. The molecule has 5 nitrogen and oxygen atoms in total. The summed E-state index contributed by atoms with van der Waals surface area (Å²) < 4.78 is 6.69. The number of amides is 2. The molecule has 0 fully saturated rings. The van der Waals surface area contributed by atoms with Crippen molar-refractivity contribution in [2.45, 2.75) is 12.5 Å². The summed E-state index contributed by atoms with van der Waals surface area (Å²) in [5.41, 5.74) is 2.08. The summed E-state index contributed by atoms with van der Waals surface area (Å²) >= 11 is 3.45. The van der Waals surface area contributed by atoms with Crippen LogP contribution in [0.25, 0.3) is 0 Å². The largest absolute Gasteiger partial charge is 0.491 e. The average Bonchev–Trinajstić information content (AvgIpc) is 2.61. The minimum absolute atomic E-state index is 0.110. The second kappa shape index (κ2) is 7.53. The maximum Gasteiger partial charge on any atom is 0.251 e. The molecule has 128 valence electrons. The van der Waals surface area contributed by atoms with E-state index in [4.69, 9.17) is 4.74 Å². The molecule has 2 amide bonds. The van der Waals surface area contributed by atoms with Crippen LogP contribution in [0, 0.1) is 0 Å². The van der Waals surface area contributed by atoms with E-state index in [9.17, 15) is 9.59 Å². The van der Waals surface area contributed by atoms with Crippen LogP contribution in [0.1, 0.15) is 15.9 Å². The van der Waals surface area contributed by atoms with Crippen LogP contribution < -0.4 is 15.4 Å². The van der Waals surface area contributed by atoms with Crippen molar-refractivity contribution < 1.29 is 14.3 Å². The Labute approximate surface area is 154 Å². The first-order valence-electron chi connectivity index (χ1n) is 7.81. The Morgan fingerprint density at radius 2 is 2.08 bits per heavy atom. The van der Waals surface area contributed by atoms with Gasteiger partial charge < -0.3 is 15.4 Å². The zero-order valence-electron chi connectivity index (χ0n) is 13.4. The van der Waals surface area contributed by atoms with Crippen molar-refractivity contribution in [1.82, 2.24) is 5.32 Å². The summed E-state index contributed by atoms with van der Waals surface area (Å²) in [5.74, 6) is 0.324. The van der Waals surface area contributed by atoms with Crippen molar-refractivity contribution in [2.24, 2.45) is 0 Å². The predicted molar refractivity (Wildman–Crippen MR) is 99.9 cm³/mol. The lowest BCUT2D eigenvalue weighted by Gasteiger charge is -2.26. The SMILES string of the molecule is C=CC(=O)Nc1cccc(C(=O)NC2COc3ccc(Br)cc3C2)c1. The third-order valence-electron chi connectivity index (χ3n) is 3.84. The third-order valence-corrected chi connectivity index (χ3v) is 4.34. The van der Waals surface area contributed by atoms with Crippen LogP contribution in [-0.4, -0.2) is 24.5 Å². The number of halogens is 1. The molecule has 1 unspecified atom stereocenters. The molecule has 25 heavy (non-hydrogen) atoms. The molecule has 1 aliphatic rings. The van der Waals surface area contributed by atoms with Crippen LogP contribution in [0.15, 0.2) is 59.6 Å². The van der Waals surface area contributed by atoms with Gasteiger partial charge in [-0.1, -0.05) is 28.6 Å². The van der Waals surface area contributed by atoms with Crippen LogP contribution in [-0.2, 0) is 11.2 Å². The van der Waals surface area contributed by atoms with E-state index in [0.29, 0.717) is 24.3 Å². The first-order valence-corrected chi connectivity index (χ1v) is 8.60. The van der Waals surface area contributed by atoms with E-state index < -0.39 is 0 Å². The van der Waals surface area contributed by atoms with E-state index in [1.54, 1.807) is 24.3 Å². The summed E-state index contributed by atoms with van der Waals surface area (Å²) in [4.78, 5) is 23.9. The van der Waals surface area contributed by atoms with Crippen LogP contribution in [0.5, 0.6) is 5.75 Å². The smallest absolute Gasteiger partial charge is 0.251 e. The van der Waals surface area contributed by atoms with Gasteiger partial charge in [-0.05, 0) is 54.5 Å². The highest BCUT2D eigenvalue weighted by Crippen LogP contribution is 2.27. The fourth-order valence-corrected chi connectivity index (χ4v) is 3.06. The average molecular weight is 401 g/mol. The number of hydrogen-bond donors (Lipinski definition) is 2. The molecule has 0 radical (unpaired) electrons. The lowest BCUT2D eigenvalue weighted by molar-refractivity contribution is -0.111. The van der Waals surface area contributed by atoms with Crippen LogP contribution in [0.2, 0.25) is 0 Å². The number of nitrogens with one attached hydrogen (secondary N) is 2. The fourth-order valence-electron chi connectivity index (χ4n) is 2.66. The maximum absolute atomic E-state index is 12.5. The predicted octanol–water partition coefficient (Wildman–Crippen LogP) is 3.31. The van der Waals surface area contributed by atoms with E-state index in [2.05, 4.69) is 33.1 Å². The second-order valence-corrected chi connectivity index (χ2v) is 6.63. The summed E-state index contributed by atoms with van der Waals surface area (Å²) in [6, 6.07) is 12.5. The Hall–Kier alpha value is -2.60. The third kappa shape index (κ3) is 4.28. The van der Waals surface area contributed by atoms with Gasteiger partial charge in [-0.3, -0.25) is 9.59 Å². The number of anilines is 1. The van der Waals surface area contributed by atoms with Crippen molar-refractivity contribution in [1.29, 1.82) is 0 Å². The van der Waals surface area contributed by atoms with Gasteiger partial charge in [0.15, 0.2) is 0 Å². The van der Waals surface area contributed by atoms with E-state index in [1.165, 1.54) is 6.08 Å². The molecule has 0 saturated heterocycles. The molecule has 0 aromatic heterocycles. The summed E-state index contributed by atoms with van der Waals surface area (Å²) in [6.07, 6.45) is 1.88. The monoisotopic (exact) mass is 400 g/mol. The Bertz CT molecular complexity index is 835. The highest BCUT2D eigenvalue weighted by molar-refractivity contribution is 9.10. The van der Waals surface area contributed by atoms with Gasteiger partial charge in [0.2, 0.25) is 5.91 Å². The van der Waals surface area contributed by atoms with Crippen LogP contribution in [0.3, 0.4) is 0 Å². The molecule has 0 spiro atoms. The molecule has 0 bridgehead atoms. The molecule has 0 saturated carbocycles. The molecule has 0 aliphatic carbocycles. The minimum atomic E-state index is -0.319. The van der Waals surface area contributed by atoms with E-state index in [1.807, 2.05) is 18.2 Å². The Kier molecular flexibility index (Phi) is 5.19. The van der Waals surface area contributed by atoms with E-state index in [0.717, 1.165) is 15.8 Å². The molecule has 1 heterocycles. The van der Waals surface area contributed by atoms with Gasteiger partial charge in [0.1, 0.15) is 12.4 Å². The van der Waals surface area contributed by atoms with Gasteiger partial charge in [0, 0.05) is 15.7 Å². The zero-order valence-corrected chi connectivity index (χ0v) is 15.0. The van der Waals surface area contributed by atoms with Gasteiger partial charge in [0.25, 0.3) is 5.91 Å². The van der Waals surface area contributed by atoms with E-state index in [-0.39, 0.29) is 17.9 Å². The topological polar surface area (TPSA) is 67.4 Å². The summed E-state index contributed by atoms with van der Waals surface area (Å²) in [7, 11) is 0. The Morgan fingerprint density at radius 1 is 1.24 bits per heavy atom. The van der Waals surface area contributed by atoms with Crippen molar-refractivity contribution in [2.75, 3.05) is 11.9 Å². The fraction of sp³-hybridized carbons (Fsp3) is 0.158. The second-order valence-electron chi connectivity index (χ2n) is 5.71. The molecular formula is C19H17BrN2O3. The van der Waals surface area contributed by atoms with Crippen molar-refractivity contribution in [3.8, 4) is 5.75 Å². The zero-order chi connectivity index (χ0) is 17.8. The molecule has 3 rings (SSSR count). The first kappa shape index (κ1) is 17.2. The normalized spacial score (nSPS) is 15.5. The van der Waals surface area contributed by atoms with Crippen LogP contribution >= 0.6 is 15.9 Å². The lowest BCUT2D eigenvalue weighted by Crippen LogP contribution is -2.42. The van der Waals surface area contributed by atoms with Crippen molar-refractivity contribution in [3.63, 3.8) is 0 Å². The molecular weight excluding hydrogens is 384 g/mol. The highest BCUT2D eigenvalue weighted by Gasteiger charge is 2.22. The number of ether oxygens (including phenoxy) is 1. The number of hydrogen-bond acceptors (Lipinski definition) is 3. The molecule has 1 atom stereocenters. The number of rotatable bonds is 4. The lowest BCUT2D eigenvalue weighted by atomic mass is 10.0. The Morgan fingerprint density at radius 3 is 2.88 bits per heavy atom. The highest BCUT2D eigenvalue weighted by atomic mass is 79.9. The van der Waals surface area contributed by atoms with Gasteiger partial charge in [-0.15, -0.1) is 0 Å². The number of carbonyl (C=O) groups excluding carboxylic acids is 2. The molecule has 6 heteroatoms. The van der Waals surface area contributed by atoms with Gasteiger partial charge in [-0.25, -0.2) is 0 Å². The molecule has 2 aromatic rings. The quantitative estimate of drug-likeness (QED) is 0.773. The van der Waals surface area contributed by atoms with Gasteiger partial charge in [-0.2, -0.15) is 0 Å². The number of fused-ring (bicyclic) bond motifs is 1. The molecule has 1 aliphatic heterocycles. The number of benzene rings is 2. The Balaban J connectivity index is 1.67. The molecule has 2 N–H and O–H groups in total. The van der Waals surface area contributed by atoms with Crippen molar-refractivity contribution in [3.05, 3.63) is 70.7 Å². The van der Waals surface area contributed by atoms with Gasteiger partial charge >= 0.3 is 0 Å². The van der Waals surface area contributed by atoms with Crippen LogP contribution in [0.4, 0.5) is 5.69 Å². The van der Waals surface area contributed by atoms with E-state index >= 15 is 0 Å². The maximum atomic E-state index is 12.5. The molecule has 2 aromatic carbocycles. The minimum Gasteiger partial charge on any atom is -0.491 e. The standard InChI is InChI=1S/C19H17BrN2O3/c1-2-18(23)21-15-5-3-4-12(9-15)19(24)22-16-10-13-8-14(20)6-7-17(13)25-11-16/h2-9,16H,1,10-11H2,(H,21,23)(H,22,24). The van der Waals surface area contributed by atoms with Gasteiger partial charge in [0.05, 0.1) is 6.04 Å².